The predicted molar refractivity (Wildman–Crippen MR) is 213 cm³/mol. The summed E-state index contributed by atoms with van der Waals surface area (Å²) in [5.41, 5.74) is 0.800. The van der Waals surface area contributed by atoms with Gasteiger partial charge >= 0.3 is 0 Å². The van der Waals surface area contributed by atoms with Crippen molar-refractivity contribution < 1.29 is 9.15 Å². The summed E-state index contributed by atoms with van der Waals surface area (Å²) in [7, 11) is 3.86. The van der Waals surface area contributed by atoms with Gasteiger partial charge in [-0.1, -0.05) is 116 Å². The molecule has 278 valence electrons. The fourth-order valence-electron chi connectivity index (χ4n) is 6.72. The average molecular weight is 660 g/mol. The van der Waals surface area contributed by atoms with E-state index in [1.54, 1.807) is 58.2 Å². The van der Waals surface area contributed by atoms with Crippen LogP contribution in [0.1, 0.15) is 149 Å². The number of likely N-dealkylation sites (tertiary alicyclic amines) is 1. The summed E-state index contributed by atoms with van der Waals surface area (Å²) in [6.45, 7) is 27.1. The number of nitrogens with zero attached hydrogens (tertiary/aromatic N) is 1. The minimum atomic E-state index is 0. The van der Waals surface area contributed by atoms with Gasteiger partial charge in [-0.2, -0.15) is 0 Å². The lowest BCUT2D eigenvalue weighted by atomic mass is 9.47. The van der Waals surface area contributed by atoms with E-state index in [1.165, 1.54) is 32.4 Å². The Balaban J connectivity index is -0.000000506. The predicted octanol–water partition coefficient (Wildman–Crippen LogP) is 14.2. The molecule has 1 saturated heterocycles. The van der Waals surface area contributed by atoms with Gasteiger partial charge in [0.25, 0.3) is 0 Å². The minimum absolute atomic E-state index is 0. The SMILES string of the molecule is C.C.CC(C)C.CC(C)C.CC(C)C.CC(C)C12CC3CC(CC(C3)C1)C2.CN1CCCCC1.COc1ccccc1.c1ccoc1. The molecule has 4 bridgehead atoms. The topological polar surface area (TPSA) is 25.6 Å². The second-order valence-electron chi connectivity index (χ2n) is 16.3. The van der Waals surface area contributed by atoms with Gasteiger partial charge in [-0.05, 0) is 143 Å². The Morgan fingerprint density at radius 3 is 1.19 bits per heavy atom. The van der Waals surface area contributed by atoms with Gasteiger partial charge in [-0.15, -0.1) is 0 Å². The van der Waals surface area contributed by atoms with Crippen LogP contribution in [0.5, 0.6) is 5.75 Å². The smallest absolute Gasteiger partial charge is 0.118 e. The number of para-hydroxylation sites is 1. The third-order valence-corrected chi connectivity index (χ3v) is 8.29. The van der Waals surface area contributed by atoms with Crippen molar-refractivity contribution in [1.82, 2.24) is 4.90 Å². The van der Waals surface area contributed by atoms with Crippen LogP contribution in [0.25, 0.3) is 0 Å². The molecule has 5 aliphatic rings. The Bertz CT molecular complexity index is 791. The van der Waals surface area contributed by atoms with E-state index in [2.05, 4.69) is 92.5 Å². The van der Waals surface area contributed by atoms with Crippen LogP contribution in [0.2, 0.25) is 0 Å². The number of piperidine rings is 1. The zero-order valence-electron chi connectivity index (χ0n) is 32.3. The van der Waals surface area contributed by atoms with E-state index < -0.39 is 0 Å². The molecule has 1 aromatic carbocycles. The first-order chi connectivity index (χ1) is 21.2. The molecule has 4 saturated carbocycles. The Morgan fingerprint density at radius 1 is 0.617 bits per heavy atom. The molecule has 47 heavy (non-hydrogen) atoms. The summed E-state index contributed by atoms with van der Waals surface area (Å²) in [5, 5.41) is 0. The fraction of sp³-hybridized carbons (Fsp3) is 0.773. The number of hydrogen-bond acceptors (Lipinski definition) is 3. The Hall–Kier alpha value is -1.74. The molecular weight excluding hydrogens is 574 g/mol. The summed E-state index contributed by atoms with van der Waals surface area (Å²) >= 11 is 0. The number of hydrogen-bond donors (Lipinski definition) is 0. The van der Waals surface area contributed by atoms with Crippen molar-refractivity contribution in [1.29, 1.82) is 0 Å². The van der Waals surface area contributed by atoms with Crippen LogP contribution in [0.4, 0.5) is 0 Å². The summed E-state index contributed by atoms with van der Waals surface area (Å²) in [4.78, 5) is 2.39. The highest BCUT2D eigenvalue weighted by Gasteiger charge is 2.51. The van der Waals surface area contributed by atoms with Crippen molar-refractivity contribution in [2.45, 2.75) is 149 Å². The van der Waals surface area contributed by atoms with E-state index in [1.807, 2.05) is 42.5 Å². The zero-order valence-corrected chi connectivity index (χ0v) is 32.3. The van der Waals surface area contributed by atoms with Gasteiger partial charge in [0.1, 0.15) is 5.75 Å². The van der Waals surface area contributed by atoms with Gasteiger partial charge in [0, 0.05) is 0 Å². The molecule has 0 unspecified atom stereocenters. The first kappa shape index (κ1) is 49.6. The summed E-state index contributed by atoms with van der Waals surface area (Å²) in [6.07, 6.45) is 17.0. The molecule has 5 fully saturated rings. The maximum absolute atomic E-state index is 4.91. The van der Waals surface area contributed by atoms with Crippen LogP contribution in [0.3, 0.4) is 0 Å². The molecule has 2 heterocycles. The lowest BCUT2D eigenvalue weighted by Gasteiger charge is -2.58. The van der Waals surface area contributed by atoms with Crippen molar-refractivity contribution in [3.8, 4) is 5.75 Å². The van der Waals surface area contributed by atoms with Gasteiger partial charge in [-0.25, -0.2) is 0 Å². The van der Waals surface area contributed by atoms with Gasteiger partial charge in [0.05, 0.1) is 19.6 Å². The molecule has 3 heteroatoms. The van der Waals surface area contributed by atoms with E-state index >= 15 is 0 Å². The number of benzene rings is 1. The lowest BCUT2D eigenvalue weighted by molar-refractivity contribution is -0.0789. The van der Waals surface area contributed by atoms with Gasteiger partial charge in [-0.3, -0.25) is 0 Å². The van der Waals surface area contributed by atoms with E-state index in [0.717, 1.165) is 52.6 Å². The largest absolute Gasteiger partial charge is 0.497 e. The Kier molecular flexibility index (Phi) is 30.8. The molecule has 7 rings (SSSR count). The van der Waals surface area contributed by atoms with Crippen molar-refractivity contribution in [2.24, 2.45) is 46.8 Å². The second kappa shape index (κ2) is 29.2. The maximum Gasteiger partial charge on any atom is 0.118 e. The Labute approximate surface area is 297 Å². The lowest BCUT2D eigenvalue weighted by Crippen LogP contribution is -2.48. The summed E-state index contributed by atoms with van der Waals surface area (Å²) < 4.78 is 9.50. The molecular formula is C44H85NO2. The molecule has 4 aliphatic carbocycles. The van der Waals surface area contributed by atoms with Crippen LogP contribution in [0, 0.1) is 46.8 Å². The third-order valence-electron chi connectivity index (χ3n) is 8.29. The van der Waals surface area contributed by atoms with Crippen LogP contribution in [0.15, 0.2) is 59.4 Å². The minimum Gasteiger partial charge on any atom is -0.497 e. The first-order valence-electron chi connectivity index (χ1n) is 18.4. The first-order valence-corrected chi connectivity index (χ1v) is 18.4. The molecule has 0 amide bonds. The summed E-state index contributed by atoms with van der Waals surface area (Å²) in [6, 6.07) is 13.3. The number of ether oxygens (including phenoxy) is 1. The highest BCUT2D eigenvalue weighted by Crippen LogP contribution is 2.62. The van der Waals surface area contributed by atoms with Crippen molar-refractivity contribution in [2.75, 3.05) is 27.2 Å². The monoisotopic (exact) mass is 660 g/mol. The van der Waals surface area contributed by atoms with Crippen molar-refractivity contribution >= 4 is 0 Å². The standard InChI is InChI=1S/C13H22.C7H8O.C6H13N.C4H4O.3C4H10.2CH4/c1-9(2)13-6-10-3-11(7-13)5-12(4-10)8-13;1-8-7-5-3-2-4-6-7;1-7-5-3-2-4-6-7;1-2-4-5-3-1;3*1-4(2)3;;/h9-12H,3-8H2,1-2H3;2-6H,1H3;2-6H2,1H3;1-4H;3*4H,1-3H3;2*1H4. The fourth-order valence-corrected chi connectivity index (χ4v) is 6.72. The molecule has 2 aromatic rings. The summed E-state index contributed by atoms with van der Waals surface area (Å²) in [5.74, 6) is 7.75. The van der Waals surface area contributed by atoms with Crippen LogP contribution < -0.4 is 4.74 Å². The van der Waals surface area contributed by atoms with Crippen LogP contribution >= 0.6 is 0 Å². The third kappa shape index (κ3) is 26.8. The van der Waals surface area contributed by atoms with Gasteiger partial charge < -0.3 is 14.1 Å². The normalized spacial score (nSPS) is 23.1. The van der Waals surface area contributed by atoms with Gasteiger partial charge in [0.15, 0.2) is 0 Å². The molecule has 3 nitrogen and oxygen atoms in total. The molecule has 0 spiro atoms. The quantitative estimate of drug-likeness (QED) is 0.321. The Morgan fingerprint density at radius 2 is 0.979 bits per heavy atom. The molecule has 0 atom stereocenters. The highest BCUT2D eigenvalue weighted by molar-refractivity contribution is 5.20. The molecule has 0 radical (unpaired) electrons. The van der Waals surface area contributed by atoms with Crippen LogP contribution in [-0.4, -0.2) is 32.1 Å². The zero-order chi connectivity index (χ0) is 34.3. The van der Waals surface area contributed by atoms with E-state index in [0.29, 0.717) is 0 Å². The number of methoxy groups -OCH3 is 1. The molecule has 1 aliphatic heterocycles. The second-order valence-corrected chi connectivity index (χ2v) is 16.3. The number of furan rings is 1. The van der Waals surface area contributed by atoms with E-state index in [4.69, 9.17) is 4.74 Å². The van der Waals surface area contributed by atoms with Gasteiger partial charge in [0.2, 0.25) is 0 Å². The van der Waals surface area contributed by atoms with Crippen molar-refractivity contribution in [3.05, 3.63) is 55.0 Å². The molecule has 1 aromatic heterocycles. The van der Waals surface area contributed by atoms with Crippen LogP contribution in [-0.2, 0) is 0 Å². The van der Waals surface area contributed by atoms with Crippen molar-refractivity contribution in [3.63, 3.8) is 0 Å². The maximum atomic E-state index is 4.91. The average Bonchev–Trinajstić information content (AvgIpc) is 3.54. The van der Waals surface area contributed by atoms with E-state index in [-0.39, 0.29) is 14.9 Å². The highest BCUT2D eigenvalue weighted by atomic mass is 16.5. The van der Waals surface area contributed by atoms with E-state index in [9.17, 15) is 0 Å². The number of rotatable bonds is 2. The molecule has 0 N–H and O–H groups in total.